The van der Waals surface area contributed by atoms with Crippen LogP contribution in [0.5, 0.6) is 0 Å². The van der Waals surface area contributed by atoms with E-state index in [4.69, 9.17) is 38.5 Å². The first-order valence-corrected chi connectivity index (χ1v) is 32.9. The molecule has 4 heterocycles. The Balaban J connectivity index is 0.000000152. The zero-order valence-corrected chi connectivity index (χ0v) is 47.0. The van der Waals surface area contributed by atoms with Crippen LogP contribution in [0.15, 0.2) is 219 Å². The minimum Gasteiger partial charge on any atom is -0.0622 e. The van der Waals surface area contributed by atoms with Gasteiger partial charge in [0.2, 0.25) is 0 Å². The third-order valence-electron chi connectivity index (χ3n) is 13.0. The van der Waals surface area contributed by atoms with Crippen LogP contribution in [0.1, 0.15) is 32.4 Å². The number of fused-ring (bicyclic) bond motifs is 1. The first-order chi connectivity index (χ1) is 36.3. The Morgan fingerprint density at radius 3 is 1.45 bits per heavy atom. The third kappa shape index (κ3) is 13.7. The zero-order valence-electron chi connectivity index (χ0n) is 41.4. The van der Waals surface area contributed by atoms with Crippen molar-refractivity contribution in [3.05, 3.63) is 224 Å². The fourth-order valence-electron chi connectivity index (χ4n) is 9.34. The summed E-state index contributed by atoms with van der Waals surface area (Å²) < 4.78 is 37.1. The molecule has 0 radical (unpaired) electrons. The van der Waals surface area contributed by atoms with E-state index in [2.05, 4.69) is 199 Å². The Morgan fingerprint density at radius 2 is 1.04 bits per heavy atom. The van der Waals surface area contributed by atoms with Crippen molar-refractivity contribution in [1.82, 2.24) is 15.0 Å². The second-order valence-electron chi connectivity index (χ2n) is 17.5. The summed E-state index contributed by atoms with van der Waals surface area (Å²) in [5, 5.41) is 9.40. The summed E-state index contributed by atoms with van der Waals surface area (Å²) in [4.78, 5) is 15.3. The number of benzene rings is 7. The van der Waals surface area contributed by atoms with Crippen LogP contribution in [0.3, 0.4) is 0 Å². The van der Waals surface area contributed by atoms with Crippen LogP contribution < -0.4 is 36.7 Å². The van der Waals surface area contributed by atoms with Gasteiger partial charge in [-0.15, -0.1) is 0 Å². The van der Waals surface area contributed by atoms with Gasteiger partial charge in [-0.1, -0.05) is 201 Å². The van der Waals surface area contributed by atoms with E-state index in [1.54, 1.807) is 6.92 Å². The average Bonchev–Trinajstić information content (AvgIpc) is 3.96. The Kier molecular flexibility index (Phi) is 20.6. The van der Waals surface area contributed by atoms with E-state index in [1.807, 2.05) is 36.5 Å². The van der Waals surface area contributed by atoms with E-state index >= 15 is 0 Å². The number of halogens is 2. The minimum absolute atomic E-state index is 0.0586. The number of aromatic amines is 1. The summed E-state index contributed by atoms with van der Waals surface area (Å²) >= 11 is -0.106. The molecule has 11 rings (SSSR count). The number of nitrogens with one attached hydrogen (secondary N) is 1. The topological polar surface area (TPSA) is 97.4 Å². The smallest absolute Gasteiger partial charge is 0.0134 e. The Bertz CT molecular complexity index is 2900. The van der Waals surface area contributed by atoms with Gasteiger partial charge >= 0.3 is 35.0 Å². The number of ether oxygens (including phenoxy) is 2. The molecule has 2 fully saturated rings. The maximum atomic E-state index is 13.5. The fourth-order valence-corrected chi connectivity index (χ4v) is 15.7. The summed E-state index contributed by atoms with van der Waals surface area (Å²) in [6, 6.07) is 74.6. The number of rotatable bonds is 11. The van der Waals surface area contributed by atoms with Crippen LogP contribution in [-0.2, 0) is 40.0 Å². The number of H-pyrrole nitrogens is 1. The van der Waals surface area contributed by atoms with Crippen molar-refractivity contribution in [2.24, 2.45) is 0 Å². The molecule has 1 atom stereocenters. The van der Waals surface area contributed by atoms with E-state index in [9.17, 15) is 8.42 Å². The number of hydrogen-bond acceptors (Lipinski definition) is 7. The van der Waals surface area contributed by atoms with Gasteiger partial charge in [-0.05, 0) is 79.6 Å². The number of morpholine rings is 1. The molecule has 0 aliphatic carbocycles. The van der Waals surface area contributed by atoms with Gasteiger partial charge < -0.3 is 19.4 Å². The van der Waals surface area contributed by atoms with Crippen molar-refractivity contribution in [2.45, 2.75) is 37.5 Å². The Hall–Kier alpha value is -5.07. The quantitative estimate of drug-likeness (QED) is 0.102. The maximum Gasteiger partial charge on any atom is -0.0134 e. The van der Waals surface area contributed by atoms with Gasteiger partial charge in [0.05, 0.1) is 24.9 Å². The predicted molar refractivity (Wildman–Crippen MR) is 310 cm³/mol. The van der Waals surface area contributed by atoms with Crippen molar-refractivity contribution < 1.29 is 33.8 Å². The number of sulfone groups is 1. The molecule has 2 aromatic heterocycles. The molecule has 2 aliphatic rings. The van der Waals surface area contributed by atoms with Crippen molar-refractivity contribution in [3.8, 4) is 11.4 Å². The van der Waals surface area contributed by atoms with Gasteiger partial charge in [0.1, 0.15) is 10.6 Å². The SMILES string of the molecule is CCS(=O)(=O)C1(c2cc(N3CCOC[C@H]3C)nc(-c3cccc4[nH]ccc34)n2)CCOCC1.[Cl][Pd][Cl].c1ccc(P(c2ccccc2)c2ccccc2)cc1.c1ccc(P(c2ccccc2)c2ccccc2)cc1. The monoisotopic (exact) mass is 1170 g/mol. The zero-order chi connectivity index (χ0) is 51.6. The van der Waals surface area contributed by atoms with Crippen LogP contribution >= 0.6 is 34.9 Å². The molecule has 74 heavy (non-hydrogen) atoms. The van der Waals surface area contributed by atoms with Crippen molar-refractivity contribution >= 4 is 93.3 Å². The molecule has 8 nitrogen and oxygen atoms in total. The van der Waals surface area contributed by atoms with E-state index < -0.39 is 30.4 Å². The fraction of sp³-hybridized carbons (Fsp3) is 0.200. The Morgan fingerprint density at radius 1 is 0.608 bits per heavy atom. The molecular weight excluding hydrogens is 1110 g/mol. The first-order valence-electron chi connectivity index (χ1n) is 24.6. The molecule has 0 unspecified atom stereocenters. The molecule has 2 aliphatic heterocycles. The van der Waals surface area contributed by atoms with Crippen LogP contribution in [-0.4, -0.2) is 68.1 Å². The molecule has 14 heteroatoms. The average molecular weight is 1170 g/mol. The van der Waals surface area contributed by atoms with Crippen LogP contribution in [0, 0.1) is 0 Å². The normalized spacial score (nSPS) is 15.3. The summed E-state index contributed by atoms with van der Waals surface area (Å²) in [5.74, 6) is 1.35. The van der Waals surface area contributed by atoms with Gasteiger partial charge in [0.25, 0.3) is 0 Å². The first kappa shape index (κ1) is 55.2. The molecular formula is C60H60Cl2N4O4P2PdS. The minimum atomic E-state index is -3.45. The van der Waals surface area contributed by atoms with Crippen LogP contribution in [0.4, 0.5) is 5.82 Å². The number of aromatic nitrogens is 3. The second kappa shape index (κ2) is 27.6. The van der Waals surface area contributed by atoms with Gasteiger partial charge in [-0.2, -0.15) is 0 Å². The molecule has 1 N–H and O–H groups in total. The van der Waals surface area contributed by atoms with Crippen molar-refractivity contribution in [3.63, 3.8) is 0 Å². The molecule has 0 bridgehead atoms. The standard InChI is InChI=1S/C24H30N4O4S.2C18H15P.2ClH.Pd/c1-3-33(29,30)24(8-12-31-13-9-24)21-15-22(28-11-14-32-16-17(28)2)27-23(26-21)19-5-4-6-20-18(19)7-10-25-20;2*1-4-10-16(11-5-1)19(17-12-6-2-7-13-17)18-14-8-3-9-15-18;;;/h4-7,10,15,17,25H,3,8-9,11-14,16H2,1-2H3;2*1-15H;2*1H;/q;;;;;+2/p-2/t17-;;;;;/m1...../s1. The van der Waals surface area contributed by atoms with Gasteiger partial charge in [0, 0.05) is 54.2 Å². The van der Waals surface area contributed by atoms with Crippen molar-refractivity contribution in [1.29, 1.82) is 0 Å². The largest absolute Gasteiger partial charge is 0.0622 e. The van der Waals surface area contributed by atoms with Crippen molar-refractivity contribution in [2.75, 3.05) is 43.6 Å². The summed E-state index contributed by atoms with van der Waals surface area (Å²) in [7, 11) is 5.29. The molecule has 2 saturated heterocycles. The number of nitrogens with zero attached hydrogens (tertiary/aromatic N) is 3. The van der Waals surface area contributed by atoms with Crippen LogP contribution in [0.2, 0.25) is 0 Å². The second-order valence-corrected chi connectivity index (χ2v) is 26.9. The molecule has 9 aromatic rings. The van der Waals surface area contributed by atoms with E-state index in [0.29, 0.717) is 57.3 Å². The summed E-state index contributed by atoms with van der Waals surface area (Å²) in [5.41, 5.74) is 2.44. The molecule has 0 amide bonds. The maximum absolute atomic E-state index is 13.5. The summed E-state index contributed by atoms with van der Waals surface area (Å²) in [6.45, 7) is 6.51. The van der Waals surface area contributed by atoms with Gasteiger partial charge in [-0.25, -0.2) is 18.4 Å². The molecule has 384 valence electrons. The number of hydrogen-bond donors (Lipinski definition) is 1. The Labute approximate surface area is 455 Å². The van der Waals surface area contributed by atoms with E-state index in [1.165, 1.54) is 31.8 Å². The molecule has 7 aromatic carbocycles. The van der Waals surface area contributed by atoms with Gasteiger partial charge in [0.15, 0.2) is 15.7 Å². The van der Waals surface area contributed by atoms with E-state index in [0.717, 1.165) is 22.3 Å². The third-order valence-corrected chi connectivity index (χ3v) is 20.5. The number of anilines is 1. The van der Waals surface area contributed by atoms with E-state index in [-0.39, 0.29) is 27.7 Å². The molecule has 0 spiro atoms. The summed E-state index contributed by atoms with van der Waals surface area (Å²) in [6.07, 6.45) is 2.68. The van der Waals surface area contributed by atoms with Gasteiger partial charge in [-0.3, -0.25) is 0 Å². The van der Waals surface area contributed by atoms with Crippen LogP contribution in [0.25, 0.3) is 22.3 Å². The predicted octanol–water partition coefficient (Wildman–Crippen LogP) is 11.6. The molecule has 0 saturated carbocycles.